The SMILES string of the molecule is CC1(C)[C@H]2CC[C@@]1(C)c1nc(SCC(=O)c3ccc4c(c3)NC(=O)CO4)nnc12. The van der Waals surface area contributed by atoms with Crippen molar-refractivity contribution in [3.05, 3.63) is 35.2 Å². The smallest absolute Gasteiger partial charge is 0.262 e. The van der Waals surface area contributed by atoms with Gasteiger partial charge in [-0.25, -0.2) is 4.98 Å². The molecule has 3 aliphatic rings. The number of thioether (sulfide) groups is 1. The minimum Gasteiger partial charge on any atom is -0.482 e. The Hall–Kier alpha value is -2.48. The molecule has 0 unspecified atom stereocenters. The normalized spacial score (nSPS) is 25.8. The summed E-state index contributed by atoms with van der Waals surface area (Å²) >= 11 is 1.30. The predicted molar refractivity (Wildman–Crippen MR) is 109 cm³/mol. The zero-order valence-electron chi connectivity index (χ0n) is 16.6. The van der Waals surface area contributed by atoms with Crippen LogP contribution in [-0.2, 0) is 10.2 Å². The molecule has 1 aromatic heterocycles. The van der Waals surface area contributed by atoms with Crippen molar-refractivity contribution in [2.45, 2.75) is 50.1 Å². The van der Waals surface area contributed by atoms with E-state index in [1.165, 1.54) is 11.8 Å². The largest absolute Gasteiger partial charge is 0.482 e. The van der Waals surface area contributed by atoms with Crippen molar-refractivity contribution in [3.8, 4) is 5.75 Å². The van der Waals surface area contributed by atoms with Crippen LogP contribution in [0.25, 0.3) is 0 Å². The van der Waals surface area contributed by atoms with E-state index in [9.17, 15) is 9.59 Å². The van der Waals surface area contributed by atoms with Gasteiger partial charge in [0.25, 0.3) is 5.91 Å². The van der Waals surface area contributed by atoms with Gasteiger partial charge in [-0.05, 0) is 36.5 Å². The molecule has 2 aromatic rings. The molecule has 8 heteroatoms. The molecule has 1 saturated carbocycles. The number of hydrogen-bond acceptors (Lipinski definition) is 7. The highest BCUT2D eigenvalue weighted by atomic mass is 32.2. The number of fused-ring (bicyclic) bond motifs is 6. The van der Waals surface area contributed by atoms with Crippen LogP contribution in [0.5, 0.6) is 5.75 Å². The highest BCUT2D eigenvalue weighted by molar-refractivity contribution is 7.99. The fraction of sp³-hybridized carbons (Fsp3) is 0.476. The minimum absolute atomic E-state index is 0.00457. The molecule has 2 atom stereocenters. The molecule has 2 aliphatic carbocycles. The lowest BCUT2D eigenvalue weighted by Gasteiger charge is -2.33. The molecule has 1 amide bonds. The van der Waals surface area contributed by atoms with E-state index >= 15 is 0 Å². The number of carbonyl (C=O) groups excluding carboxylic acids is 2. The number of carbonyl (C=O) groups is 2. The van der Waals surface area contributed by atoms with Gasteiger partial charge in [0.15, 0.2) is 12.4 Å². The maximum atomic E-state index is 12.7. The van der Waals surface area contributed by atoms with E-state index in [4.69, 9.17) is 9.72 Å². The summed E-state index contributed by atoms with van der Waals surface area (Å²) in [4.78, 5) is 29.0. The summed E-state index contributed by atoms with van der Waals surface area (Å²) in [6.45, 7) is 6.86. The van der Waals surface area contributed by atoms with E-state index < -0.39 is 0 Å². The number of anilines is 1. The summed E-state index contributed by atoms with van der Waals surface area (Å²) in [6.07, 6.45) is 2.25. The Morgan fingerprint density at radius 2 is 2.14 bits per heavy atom. The van der Waals surface area contributed by atoms with E-state index in [1.54, 1.807) is 18.2 Å². The summed E-state index contributed by atoms with van der Waals surface area (Å²) in [5, 5.41) is 12.0. The zero-order chi connectivity index (χ0) is 20.4. The van der Waals surface area contributed by atoms with E-state index in [0.29, 0.717) is 28.1 Å². The summed E-state index contributed by atoms with van der Waals surface area (Å²) in [6, 6.07) is 5.07. The highest BCUT2D eigenvalue weighted by Crippen LogP contribution is 2.66. The summed E-state index contributed by atoms with van der Waals surface area (Å²) in [5.41, 5.74) is 3.27. The molecule has 150 valence electrons. The molecule has 5 rings (SSSR count). The first-order valence-electron chi connectivity index (χ1n) is 9.77. The van der Waals surface area contributed by atoms with Crippen LogP contribution in [0.3, 0.4) is 0 Å². The molecule has 1 N–H and O–H groups in total. The molecule has 1 aliphatic heterocycles. The number of benzene rings is 1. The second-order valence-corrected chi connectivity index (χ2v) is 9.68. The molecule has 2 bridgehead atoms. The Balaban J connectivity index is 1.33. The number of aromatic nitrogens is 3. The van der Waals surface area contributed by atoms with Crippen LogP contribution in [-0.4, -0.2) is 39.2 Å². The van der Waals surface area contributed by atoms with E-state index in [-0.39, 0.29) is 34.9 Å². The van der Waals surface area contributed by atoms with Gasteiger partial charge in [0.1, 0.15) is 5.75 Å². The van der Waals surface area contributed by atoms with Crippen LogP contribution in [0, 0.1) is 5.41 Å². The second kappa shape index (κ2) is 6.26. The number of ketones is 1. The lowest BCUT2D eigenvalue weighted by atomic mass is 9.70. The van der Waals surface area contributed by atoms with E-state index in [0.717, 1.165) is 24.2 Å². The molecule has 1 aromatic carbocycles. The van der Waals surface area contributed by atoms with Gasteiger partial charge >= 0.3 is 0 Å². The average Bonchev–Trinajstić information content (AvgIpc) is 3.04. The number of ether oxygens (including phenoxy) is 1. The van der Waals surface area contributed by atoms with Crippen LogP contribution in [0.1, 0.15) is 61.3 Å². The Labute approximate surface area is 173 Å². The first-order chi connectivity index (χ1) is 13.8. The number of nitrogens with one attached hydrogen (secondary N) is 1. The van der Waals surface area contributed by atoms with Crippen LogP contribution in [0.4, 0.5) is 5.69 Å². The van der Waals surface area contributed by atoms with Gasteiger partial charge in [-0.1, -0.05) is 32.5 Å². The predicted octanol–water partition coefficient (Wildman–Crippen LogP) is 3.35. The fourth-order valence-electron chi connectivity index (χ4n) is 4.89. The summed E-state index contributed by atoms with van der Waals surface area (Å²) < 4.78 is 5.34. The topological polar surface area (TPSA) is 94.1 Å². The quantitative estimate of drug-likeness (QED) is 0.610. The molecule has 0 saturated heterocycles. The van der Waals surface area contributed by atoms with Crippen LogP contribution in [0.15, 0.2) is 23.4 Å². The maximum absolute atomic E-state index is 12.7. The number of Topliss-reactive ketones (excluding diaryl/α,β-unsaturated/α-hetero) is 1. The highest BCUT2D eigenvalue weighted by Gasteiger charge is 2.61. The van der Waals surface area contributed by atoms with Crippen molar-refractivity contribution >= 4 is 29.1 Å². The first-order valence-corrected chi connectivity index (χ1v) is 10.8. The Bertz CT molecular complexity index is 1050. The molecule has 7 nitrogen and oxygen atoms in total. The van der Waals surface area contributed by atoms with Crippen molar-refractivity contribution < 1.29 is 14.3 Å². The third-order valence-corrected chi connectivity index (χ3v) is 7.88. The van der Waals surface area contributed by atoms with Gasteiger partial charge in [0.05, 0.1) is 22.8 Å². The average molecular weight is 410 g/mol. The molecular weight excluding hydrogens is 388 g/mol. The maximum Gasteiger partial charge on any atom is 0.262 e. The third-order valence-electron chi connectivity index (χ3n) is 7.04. The lowest BCUT2D eigenvalue weighted by Crippen LogP contribution is -2.32. The third kappa shape index (κ3) is 2.68. The molecule has 29 heavy (non-hydrogen) atoms. The molecule has 2 heterocycles. The van der Waals surface area contributed by atoms with Gasteiger partial charge in [-0.3, -0.25) is 9.59 Å². The number of rotatable bonds is 4. The van der Waals surface area contributed by atoms with Gasteiger partial charge in [0, 0.05) is 16.9 Å². The van der Waals surface area contributed by atoms with Crippen LogP contribution in [0.2, 0.25) is 0 Å². The zero-order valence-corrected chi connectivity index (χ0v) is 17.4. The Morgan fingerprint density at radius 1 is 1.31 bits per heavy atom. The second-order valence-electron chi connectivity index (χ2n) is 8.73. The van der Waals surface area contributed by atoms with E-state index in [1.807, 2.05) is 0 Å². The van der Waals surface area contributed by atoms with Crippen molar-refractivity contribution in [2.75, 3.05) is 17.7 Å². The monoisotopic (exact) mass is 410 g/mol. The summed E-state index contributed by atoms with van der Waals surface area (Å²) in [5.74, 6) is 0.911. The van der Waals surface area contributed by atoms with Crippen LogP contribution < -0.4 is 10.1 Å². The van der Waals surface area contributed by atoms with Gasteiger partial charge in [0.2, 0.25) is 5.16 Å². The van der Waals surface area contributed by atoms with Gasteiger partial charge in [-0.15, -0.1) is 5.10 Å². The van der Waals surface area contributed by atoms with Crippen LogP contribution >= 0.6 is 11.8 Å². The van der Waals surface area contributed by atoms with E-state index in [2.05, 4.69) is 36.3 Å². The molecular formula is C21H22N4O3S. The van der Waals surface area contributed by atoms with Crippen molar-refractivity contribution in [1.82, 2.24) is 15.2 Å². The van der Waals surface area contributed by atoms with Gasteiger partial charge < -0.3 is 10.1 Å². The number of amides is 1. The van der Waals surface area contributed by atoms with Crippen molar-refractivity contribution in [1.29, 1.82) is 0 Å². The Kier molecular flexibility index (Phi) is 4.00. The molecule has 0 radical (unpaired) electrons. The van der Waals surface area contributed by atoms with Crippen molar-refractivity contribution in [2.24, 2.45) is 5.41 Å². The standard InChI is InChI=1S/C21H22N4O3S/c1-20(2)12-6-7-21(20,3)18-17(12)24-25-19(23-18)29-10-14(26)11-4-5-15-13(8-11)22-16(27)9-28-15/h4-5,8,12H,6-7,9-10H2,1-3H3,(H,22,27)/t12-,21-/m0/s1. The van der Waals surface area contributed by atoms with Gasteiger partial charge in [-0.2, -0.15) is 5.10 Å². The molecule has 1 fully saturated rings. The minimum atomic E-state index is -0.222. The number of hydrogen-bond donors (Lipinski definition) is 1. The fourth-order valence-corrected chi connectivity index (χ4v) is 5.58. The first kappa shape index (κ1) is 18.5. The Morgan fingerprint density at radius 3 is 2.97 bits per heavy atom. The van der Waals surface area contributed by atoms with Crippen molar-refractivity contribution in [3.63, 3.8) is 0 Å². The number of nitrogens with zero attached hydrogens (tertiary/aromatic N) is 3. The lowest BCUT2D eigenvalue weighted by molar-refractivity contribution is -0.118. The molecule has 0 spiro atoms. The summed E-state index contributed by atoms with van der Waals surface area (Å²) in [7, 11) is 0.